The van der Waals surface area contributed by atoms with Crippen LogP contribution < -0.4 is 11.3 Å². The molecule has 1 atom stereocenters. The van der Waals surface area contributed by atoms with Gasteiger partial charge in [-0.1, -0.05) is 36.9 Å². The van der Waals surface area contributed by atoms with Crippen molar-refractivity contribution in [2.24, 2.45) is 5.84 Å². The van der Waals surface area contributed by atoms with Gasteiger partial charge in [0.1, 0.15) is 0 Å². The zero-order valence-electron chi connectivity index (χ0n) is 11.4. The maximum Gasteiger partial charge on any atom is 0.0861 e. The summed E-state index contributed by atoms with van der Waals surface area (Å²) in [6.45, 7) is 6.49. The van der Waals surface area contributed by atoms with Crippen LogP contribution in [0, 0.1) is 0 Å². The molecule has 3 N–H and O–H groups in total. The summed E-state index contributed by atoms with van der Waals surface area (Å²) in [6.07, 6.45) is 7.14. The molecule has 0 aromatic carbocycles. The minimum atomic E-state index is 0.00661. The van der Waals surface area contributed by atoms with Crippen LogP contribution >= 0.6 is 11.5 Å². The van der Waals surface area contributed by atoms with Crippen LogP contribution in [0.2, 0.25) is 0 Å². The van der Waals surface area contributed by atoms with Crippen LogP contribution in [0.4, 0.5) is 0 Å². The summed E-state index contributed by atoms with van der Waals surface area (Å²) in [5.74, 6) is 5.77. The van der Waals surface area contributed by atoms with E-state index in [-0.39, 0.29) is 11.5 Å². The lowest BCUT2D eigenvalue weighted by atomic mass is 9.86. The Bertz CT molecular complexity index is 430. The average Bonchev–Trinajstić information content (AvgIpc) is 2.80. The number of rotatable bonds is 3. The van der Waals surface area contributed by atoms with Crippen LogP contribution in [0.1, 0.15) is 63.1 Å². The molecule has 1 aliphatic carbocycles. The third kappa shape index (κ3) is 2.79. The van der Waals surface area contributed by atoms with Gasteiger partial charge in [-0.2, -0.15) is 0 Å². The Morgan fingerprint density at radius 2 is 2.17 bits per heavy atom. The first-order valence-corrected chi connectivity index (χ1v) is 7.29. The van der Waals surface area contributed by atoms with Crippen LogP contribution in [0.25, 0.3) is 0 Å². The first-order valence-electron chi connectivity index (χ1n) is 6.52. The van der Waals surface area contributed by atoms with Crippen molar-refractivity contribution in [1.82, 2.24) is 15.0 Å². The molecule has 100 valence electrons. The predicted octanol–water partition coefficient (Wildman–Crippen LogP) is 2.84. The molecule has 0 amide bonds. The number of nitrogens with two attached hydrogens (primary N) is 1. The molecule has 0 aliphatic heterocycles. The molecule has 4 nitrogen and oxygen atoms in total. The SMILES string of the molecule is CC(C)(C)c1nnsc1C(NN)C1=CCCCC1. The molecule has 1 unspecified atom stereocenters. The van der Waals surface area contributed by atoms with E-state index >= 15 is 0 Å². The molecule has 1 aromatic rings. The van der Waals surface area contributed by atoms with Crippen LogP contribution in [0.15, 0.2) is 11.6 Å². The molecule has 1 aromatic heterocycles. The van der Waals surface area contributed by atoms with E-state index in [0.29, 0.717) is 0 Å². The van der Waals surface area contributed by atoms with Crippen molar-refractivity contribution in [3.63, 3.8) is 0 Å². The Kier molecular flexibility index (Phi) is 4.14. The van der Waals surface area contributed by atoms with Gasteiger partial charge in [-0.15, -0.1) is 5.10 Å². The summed E-state index contributed by atoms with van der Waals surface area (Å²) in [6, 6.07) is 0.0829. The molecule has 5 heteroatoms. The van der Waals surface area contributed by atoms with Gasteiger partial charge >= 0.3 is 0 Å². The van der Waals surface area contributed by atoms with Crippen LogP contribution in [-0.2, 0) is 5.41 Å². The molecule has 18 heavy (non-hydrogen) atoms. The molecule has 0 radical (unpaired) electrons. The van der Waals surface area contributed by atoms with Crippen molar-refractivity contribution in [3.05, 3.63) is 22.2 Å². The van der Waals surface area contributed by atoms with Crippen molar-refractivity contribution in [2.45, 2.75) is 57.9 Å². The highest BCUT2D eigenvalue weighted by Crippen LogP contribution is 2.36. The fourth-order valence-corrected chi connectivity index (χ4v) is 3.35. The van der Waals surface area contributed by atoms with E-state index in [9.17, 15) is 0 Å². The molecule has 1 heterocycles. The van der Waals surface area contributed by atoms with Gasteiger partial charge in [0, 0.05) is 5.41 Å². The summed E-state index contributed by atoms with van der Waals surface area (Å²) < 4.78 is 4.12. The van der Waals surface area contributed by atoms with E-state index in [1.54, 1.807) is 0 Å². The van der Waals surface area contributed by atoms with Crippen molar-refractivity contribution in [1.29, 1.82) is 0 Å². The number of allylic oxidation sites excluding steroid dienone is 1. The molecular formula is C13H22N4S. The van der Waals surface area contributed by atoms with Crippen LogP contribution in [0.5, 0.6) is 0 Å². The molecule has 0 saturated carbocycles. The highest BCUT2D eigenvalue weighted by molar-refractivity contribution is 7.05. The predicted molar refractivity (Wildman–Crippen MR) is 75.2 cm³/mol. The van der Waals surface area contributed by atoms with Crippen LogP contribution in [0.3, 0.4) is 0 Å². The molecule has 0 saturated heterocycles. The number of hydrogen-bond donors (Lipinski definition) is 2. The van der Waals surface area contributed by atoms with Gasteiger partial charge in [0.25, 0.3) is 0 Å². The summed E-state index contributed by atoms with van der Waals surface area (Å²) >= 11 is 1.46. The first kappa shape index (κ1) is 13.6. The van der Waals surface area contributed by atoms with Crippen molar-refractivity contribution in [2.75, 3.05) is 0 Å². The van der Waals surface area contributed by atoms with Crippen molar-refractivity contribution in [3.8, 4) is 0 Å². The fraction of sp³-hybridized carbons (Fsp3) is 0.692. The van der Waals surface area contributed by atoms with Gasteiger partial charge < -0.3 is 0 Å². The second-order valence-electron chi connectivity index (χ2n) is 5.86. The minimum Gasteiger partial charge on any atom is -0.271 e. The lowest BCUT2D eigenvalue weighted by Crippen LogP contribution is -2.31. The van der Waals surface area contributed by atoms with Gasteiger partial charge in [0.2, 0.25) is 0 Å². The smallest absolute Gasteiger partial charge is 0.0861 e. The molecule has 0 spiro atoms. The average molecular weight is 266 g/mol. The first-order chi connectivity index (χ1) is 8.54. The highest BCUT2D eigenvalue weighted by Gasteiger charge is 2.28. The Labute approximate surface area is 113 Å². The number of hydrazine groups is 1. The van der Waals surface area contributed by atoms with Crippen molar-refractivity contribution >= 4 is 11.5 Å². The lowest BCUT2D eigenvalue weighted by Gasteiger charge is -2.25. The lowest BCUT2D eigenvalue weighted by molar-refractivity contribution is 0.527. The van der Waals surface area contributed by atoms with E-state index in [4.69, 9.17) is 5.84 Å². The number of hydrogen-bond acceptors (Lipinski definition) is 5. The Morgan fingerprint density at radius 3 is 2.72 bits per heavy atom. The second kappa shape index (κ2) is 5.47. The molecular weight excluding hydrogens is 244 g/mol. The normalized spacial score (nSPS) is 18.6. The van der Waals surface area contributed by atoms with Gasteiger partial charge in [-0.25, -0.2) is 5.43 Å². The van der Waals surface area contributed by atoms with E-state index in [1.165, 1.54) is 29.9 Å². The zero-order chi connectivity index (χ0) is 13.2. The minimum absolute atomic E-state index is 0.00661. The fourth-order valence-electron chi connectivity index (χ4n) is 2.38. The van der Waals surface area contributed by atoms with Gasteiger partial charge in [-0.05, 0) is 37.2 Å². The Morgan fingerprint density at radius 1 is 1.39 bits per heavy atom. The number of nitrogens with zero attached hydrogens (tertiary/aromatic N) is 2. The van der Waals surface area contributed by atoms with E-state index < -0.39 is 0 Å². The summed E-state index contributed by atoms with van der Waals surface area (Å²) in [7, 11) is 0. The van der Waals surface area contributed by atoms with Crippen molar-refractivity contribution < 1.29 is 0 Å². The Balaban J connectivity index is 2.33. The summed E-state index contributed by atoms with van der Waals surface area (Å²) in [4.78, 5) is 1.16. The highest BCUT2D eigenvalue weighted by atomic mass is 32.1. The van der Waals surface area contributed by atoms with Gasteiger partial charge in [0.15, 0.2) is 0 Å². The molecule has 0 bridgehead atoms. The monoisotopic (exact) mass is 266 g/mol. The van der Waals surface area contributed by atoms with E-state index in [0.717, 1.165) is 23.4 Å². The third-order valence-electron chi connectivity index (χ3n) is 3.35. The quantitative estimate of drug-likeness (QED) is 0.501. The molecule has 2 rings (SSSR count). The van der Waals surface area contributed by atoms with Crippen LogP contribution in [-0.4, -0.2) is 9.59 Å². The van der Waals surface area contributed by atoms with E-state index in [2.05, 4.69) is 41.9 Å². The Hall–Kier alpha value is -0.780. The third-order valence-corrected chi connectivity index (χ3v) is 4.14. The van der Waals surface area contributed by atoms with Gasteiger partial charge in [-0.3, -0.25) is 5.84 Å². The molecule has 1 aliphatic rings. The molecule has 0 fully saturated rings. The van der Waals surface area contributed by atoms with E-state index in [1.807, 2.05) is 0 Å². The number of nitrogens with one attached hydrogen (secondary N) is 1. The maximum absolute atomic E-state index is 5.77. The standard InChI is InChI=1S/C13H22N4S/c1-13(2,3)12-11(18-17-16-12)10(15-14)9-7-5-4-6-8-9/h7,10,15H,4-6,8,14H2,1-3H3. The zero-order valence-corrected chi connectivity index (χ0v) is 12.2. The maximum atomic E-state index is 5.77. The topological polar surface area (TPSA) is 63.8 Å². The van der Waals surface area contributed by atoms with Gasteiger partial charge in [0.05, 0.1) is 16.6 Å². The summed E-state index contributed by atoms with van der Waals surface area (Å²) in [5, 5.41) is 4.30. The second-order valence-corrected chi connectivity index (χ2v) is 6.65. The largest absolute Gasteiger partial charge is 0.271 e. The number of aromatic nitrogens is 2. The summed E-state index contributed by atoms with van der Waals surface area (Å²) in [5.41, 5.74) is 5.40.